The zero-order valence-corrected chi connectivity index (χ0v) is 15.9. The Bertz CT molecular complexity index is 861. The van der Waals surface area contributed by atoms with E-state index in [1.165, 1.54) is 0 Å². The molecule has 0 unspecified atom stereocenters. The van der Waals surface area contributed by atoms with Gasteiger partial charge >= 0.3 is 0 Å². The van der Waals surface area contributed by atoms with Crippen molar-refractivity contribution in [2.24, 2.45) is 5.92 Å². The number of aryl methyl sites for hydroxylation is 1. The minimum Gasteiger partial charge on any atom is -0.356 e. The zero-order valence-electron chi connectivity index (χ0n) is 14.3. The fraction of sp³-hybridized carbons (Fsp3) is 0.529. The van der Waals surface area contributed by atoms with Gasteiger partial charge in [-0.05, 0) is 31.4 Å². The number of thioether (sulfide) groups is 1. The SMILES string of the molecule is CCn1c(SCCC(=O)NC[C@H]2CCS(=O)(=O)C2)nc2ccccc21. The van der Waals surface area contributed by atoms with Gasteiger partial charge in [0.05, 0.1) is 22.5 Å². The van der Waals surface area contributed by atoms with Crippen LogP contribution in [0.4, 0.5) is 0 Å². The summed E-state index contributed by atoms with van der Waals surface area (Å²) in [6.07, 6.45) is 1.05. The first-order chi connectivity index (χ1) is 12.0. The highest BCUT2D eigenvalue weighted by molar-refractivity contribution is 7.99. The number of nitrogens with one attached hydrogen (secondary N) is 1. The highest BCUT2D eigenvalue weighted by Gasteiger charge is 2.27. The fourth-order valence-electron chi connectivity index (χ4n) is 3.08. The van der Waals surface area contributed by atoms with E-state index in [9.17, 15) is 13.2 Å². The minimum absolute atomic E-state index is 0.0315. The number of carbonyl (C=O) groups is 1. The largest absolute Gasteiger partial charge is 0.356 e. The number of hydrogen-bond acceptors (Lipinski definition) is 5. The molecule has 1 aliphatic heterocycles. The minimum atomic E-state index is -2.88. The van der Waals surface area contributed by atoms with Crippen molar-refractivity contribution >= 4 is 38.5 Å². The van der Waals surface area contributed by atoms with Crippen molar-refractivity contribution in [1.82, 2.24) is 14.9 Å². The Morgan fingerprint density at radius 1 is 1.40 bits per heavy atom. The Morgan fingerprint density at radius 3 is 2.92 bits per heavy atom. The summed E-state index contributed by atoms with van der Waals surface area (Å²) in [4.78, 5) is 16.6. The van der Waals surface area contributed by atoms with Crippen molar-refractivity contribution in [2.75, 3.05) is 23.8 Å². The number of benzene rings is 1. The van der Waals surface area contributed by atoms with E-state index in [0.717, 1.165) is 22.7 Å². The number of carbonyl (C=O) groups excluding carboxylic acids is 1. The summed E-state index contributed by atoms with van der Waals surface area (Å²) in [5.41, 5.74) is 2.08. The number of amides is 1. The van der Waals surface area contributed by atoms with Crippen molar-refractivity contribution < 1.29 is 13.2 Å². The molecule has 136 valence electrons. The Balaban J connectivity index is 1.47. The van der Waals surface area contributed by atoms with E-state index in [1.807, 2.05) is 18.2 Å². The maximum absolute atomic E-state index is 12.0. The number of nitrogens with zero attached hydrogens (tertiary/aromatic N) is 2. The van der Waals surface area contributed by atoms with E-state index in [-0.39, 0.29) is 23.3 Å². The molecule has 0 saturated carbocycles. The number of fused-ring (bicyclic) bond motifs is 1. The van der Waals surface area contributed by atoms with Crippen LogP contribution in [0, 0.1) is 5.92 Å². The molecule has 1 fully saturated rings. The molecule has 1 N–H and O–H groups in total. The predicted molar refractivity (Wildman–Crippen MR) is 101 cm³/mol. The number of para-hydroxylation sites is 2. The molecule has 1 aliphatic rings. The van der Waals surface area contributed by atoms with Crippen molar-refractivity contribution in [3.63, 3.8) is 0 Å². The Morgan fingerprint density at radius 2 is 2.20 bits per heavy atom. The van der Waals surface area contributed by atoms with Gasteiger partial charge in [-0.1, -0.05) is 23.9 Å². The van der Waals surface area contributed by atoms with Gasteiger partial charge in [0.15, 0.2) is 15.0 Å². The van der Waals surface area contributed by atoms with Gasteiger partial charge in [0.1, 0.15) is 0 Å². The molecule has 1 atom stereocenters. The molecular weight excluding hydrogens is 358 g/mol. The second-order valence-electron chi connectivity index (χ2n) is 6.30. The van der Waals surface area contributed by atoms with Crippen LogP contribution in [0.25, 0.3) is 11.0 Å². The van der Waals surface area contributed by atoms with Crippen molar-refractivity contribution in [2.45, 2.75) is 31.5 Å². The number of sulfone groups is 1. The molecule has 2 aromatic rings. The molecule has 0 bridgehead atoms. The average Bonchev–Trinajstić information content (AvgIpc) is 3.12. The lowest BCUT2D eigenvalue weighted by Crippen LogP contribution is -2.30. The molecule has 1 aromatic heterocycles. The van der Waals surface area contributed by atoms with Crippen LogP contribution in [0.1, 0.15) is 19.8 Å². The van der Waals surface area contributed by atoms with Gasteiger partial charge in [0.25, 0.3) is 0 Å². The summed E-state index contributed by atoms with van der Waals surface area (Å²) in [7, 11) is -2.88. The van der Waals surface area contributed by atoms with Crippen LogP contribution in [0.2, 0.25) is 0 Å². The molecule has 3 rings (SSSR count). The first-order valence-corrected chi connectivity index (χ1v) is 11.3. The number of aromatic nitrogens is 2. The van der Waals surface area contributed by atoms with E-state index in [0.29, 0.717) is 25.1 Å². The molecule has 6 nitrogen and oxygen atoms in total. The summed E-state index contributed by atoms with van der Waals surface area (Å²) in [5, 5.41) is 3.79. The van der Waals surface area contributed by atoms with Gasteiger partial charge in [-0.2, -0.15) is 0 Å². The summed E-state index contributed by atoms with van der Waals surface area (Å²) in [6, 6.07) is 8.02. The molecular formula is C17H23N3O3S2. The second-order valence-corrected chi connectivity index (χ2v) is 9.59. The smallest absolute Gasteiger partial charge is 0.220 e. The third-order valence-corrected chi connectivity index (χ3v) is 7.23. The van der Waals surface area contributed by atoms with Gasteiger partial charge in [-0.3, -0.25) is 4.79 Å². The first kappa shape index (κ1) is 18.3. The first-order valence-electron chi connectivity index (χ1n) is 8.53. The summed E-state index contributed by atoms with van der Waals surface area (Å²) in [6.45, 7) is 3.38. The molecule has 25 heavy (non-hydrogen) atoms. The normalized spacial score (nSPS) is 19.3. The van der Waals surface area contributed by atoms with Gasteiger partial charge in [-0.15, -0.1) is 0 Å². The van der Waals surface area contributed by atoms with Gasteiger partial charge in [0, 0.05) is 25.3 Å². The van der Waals surface area contributed by atoms with Crippen molar-refractivity contribution in [3.8, 4) is 0 Å². The van der Waals surface area contributed by atoms with E-state index < -0.39 is 9.84 Å². The highest BCUT2D eigenvalue weighted by atomic mass is 32.2. The van der Waals surface area contributed by atoms with Crippen LogP contribution in [-0.4, -0.2) is 47.7 Å². The maximum Gasteiger partial charge on any atom is 0.220 e. The van der Waals surface area contributed by atoms with Crippen LogP contribution in [0.15, 0.2) is 29.4 Å². The Kier molecular flexibility index (Phi) is 5.68. The number of imidazole rings is 1. The van der Waals surface area contributed by atoms with Crippen LogP contribution in [0.3, 0.4) is 0 Å². The fourth-order valence-corrected chi connectivity index (χ4v) is 5.96. The summed E-state index contributed by atoms with van der Waals surface area (Å²) in [5.74, 6) is 1.12. The molecule has 1 amide bonds. The standard InChI is InChI=1S/C17H23N3O3S2/c1-2-20-15-6-4-3-5-14(15)19-17(20)24-9-7-16(21)18-11-13-8-10-25(22,23)12-13/h3-6,13H,2,7-12H2,1H3,(H,18,21)/t13-/m1/s1. The van der Waals surface area contributed by atoms with Gasteiger partial charge in [0.2, 0.25) is 5.91 Å². The molecule has 8 heteroatoms. The number of rotatable bonds is 7. The maximum atomic E-state index is 12.0. The monoisotopic (exact) mass is 381 g/mol. The van der Waals surface area contributed by atoms with E-state index in [1.54, 1.807) is 11.8 Å². The number of hydrogen-bond donors (Lipinski definition) is 1. The molecule has 0 spiro atoms. The van der Waals surface area contributed by atoms with Crippen LogP contribution in [-0.2, 0) is 21.2 Å². The lowest BCUT2D eigenvalue weighted by Gasteiger charge is -2.09. The van der Waals surface area contributed by atoms with E-state index in [2.05, 4.69) is 27.9 Å². The highest BCUT2D eigenvalue weighted by Crippen LogP contribution is 2.24. The van der Waals surface area contributed by atoms with E-state index >= 15 is 0 Å². The van der Waals surface area contributed by atoms with Crippen LogP contribution < -0.4 is 5.32 Å². The van der Waals surface area contributed by atoms with Crippen LogP contribution in [0.5, 0.6) is 0 Å². The molecule has 2 heterocycles. The Hall–Kier alpha value is -1.54. The Labute approximate surface area is 152 Å². The second kappa shape index (κ2) is 7.78. The zero-order chi connectivity index (χ0) is 17.9. The molecule has 1 saturated heterocycles. The van der Waals surface area contributed by atoms with Crippen LogP contribution >= 0.6 is 11.8 Å². The third kappa shape index (κ3) is 4.55. The molecule has 1 aromatic carbocycles. The van der Waals surface area contributed by atoms with Gasteiger partial charge < -0.3 is 9.88 Å². The summed E-state index contributed by atoms with van der Waals surface area (Å²) < 4.78 is 25.0. The van der Waals surface area contributed by atoms with Crippen molar-refractivity contribution in [1.29, 1.82) is 0 Å². The lowest BCUT2D eigenvalue weighted by molar-refractivity contribution is -0.120. The van der Waals surface area contributed by atoms with Crippen molar-refractivity contribution in [3.05, 3.63) is 24.3 Å². The molecule has 0 aliphatic carbocycles. The van der Waals surface area contributed by atoms with Gasteiger partial charge in [-0.25, -0.2) is 13.4 Å². The summed E-state index contributed by atoms with van der Waals surface area (Å²) >= 11 is 1.58. The quantitative estimate of drug-likeness (QED) is 0.743. The lowest BCUT2D eigenvalue weighted by atomic mass is 10.1. The topological polar surface area (TPSA) is 81.1 Å². The average molecular weight is 382 g/mol. The third-order valence-electron chi connectivity index (χ3n) is 4.41. The van der Waals surface area contributed by atoms with E-state index in [4.69, 9.17) is 0 Å². The molecule has 0 radical (unpaired) electrons. The predicted octanol–water partition coefficient (Wildman–Crippen LogP) is 2.09.